The Morgan fingerprint density at radius 2 is 1.95 bits per heavy atom. The van der Waals surface area contributed by atoms with Crippen molar-refractivity contribution in [2.75, 3.05) is 13.7 Å². The fourth-order valence-electron chi connectivity index (χ4n) is 2.28. The van der Waals surface area contributed by atoms with E-state index in [0.29, 0.717) is 18.7 Å². The van der Waals surface area contributed by atoms with Crippen molar-refractivity contribution in [1.82, 2.24) is 10.6 Å². The Kier molecular flexibility index (Phi) is 5.63. The highest BCUT2D eigenvalue weighted by Crippen LogP contribution is 2.18. The molecule has 1 aromatic carbocycles. The van der Waals surface area contributed by atoms with Crippen LogP contribution in [-0.2, 0) is 9.59 Å². The van der Waals surface area contributed by atoms with Gasteiger partial charge in [0, 0.05) is 6.54 Å². The van der Waals surface area contributed by atoms with Crippen LogP contribution in [-0.4, -0.2) is 37.6 Å². The number of methoxy groups -OCH3 is 1. The summed E-state index contributed by atoms with van der Waals surface area (Å²) in [6.07, 6.45) is 1.84. The van der Waals surface area contributed by atoms with E-state index in [-0.39, 0.29) is 11.8 Å². The summed E-state index contributed by atoms with van der Waals surface area (Å²) in [4.78, 5) is 24.0. The lowest BCUT2D eigenvalue weighted by Gasteiger charge is -2.19. The van der Waals surface area contributed by atoms with Gasteiger partial charge in [0.25, 0.3) is 5.91 Å². The van der Waals surface area contributed by atoms with Gasteiger partial charge in [-0.25, -0.2) is 0 Å². The number of benzene rings is 1. The smallest absolute Gasteiger partial charge is 0.261 e. The minimum Gasteiger partial charge on any atom is -0.497 e. The van der Waals surface area contributed by atoms with E-state index in [1.807, 2.05) is 0 Å². The van der Waals surface area contributed by atoms with Crippen molar-refractivity contribution in [3.8, 4) is 11.5 Å². The van der Waals surface area contributed by atoms with Gasteiger partial charge in [-0.15, -0.1) is 0 Å². The maximum Gasteiger partial charge on any atom is 0.261 e. The van der Waals surface area contributed by atoms with Crippen molar-refractivity contribution in [2.24, 2.45) is 0 Å². The highest BCUT2D eigenvalue weighted by Gasteiger charge is 2.25. The lowest BCUT2D eigenvalue weighted by molar-refractivity contribution is -0.132. The number of rotatable bonds is 5. The standard InChI is InChI=1S/C16H22N2O4/c1-11(22-13-8-6-12(21-2)7-9-13)15(19)18-14-5-3-4-10-17-16(14)20/h6-9,11,14H,3-5,10H2,1-2H3,(H,17,20)(H,18,19)/t11-,14+/m1/s1. The molecule has 0 aliphatic carbocycles. The first kappa shape index (κ1) is 16.1. The average molecular weight is 306 g/mol. The molecule has 6 nitrogen and oxygen atoms in total. The van der Waals surface area contributed by atoms with Gasteiger partial charge in [-0.05, 0) is 50.5 Å². The molecule has 1 heterocycles. The largest absolute Gasteiger partial charge is 0.497 e. The van der Waals surface area contributed by atoms with Crippen LogP contribution in [0.1, 0.15) is 26.2 Å². The van der Waals surface area contributed by atoms with E-state index in [2.05, 4.69) is 10.6 Å². The number of hydrogen-bond acceptors (Lipinski definition) is 4. The molecule has 1 fully saturated rings. The van der Waals surface area contributed by atoms with Gasteiger partial charge >= 0.3 is 0 Å². The molecule has 120 valence electrons. The molecule has 1 aliphatic rings. The fourth-order valence-corrected chi connectivity index (χ4v) is 2.28. The molecule has 0 bridgehead atoms. The predicted octanol–water partition coefficient (Wildman–Crippen LogP) is 1.25. The van der Waals surface area contributed by atoms with Gasteiger partial charge in [-0.2, -0.15) is 0 Å². The summed E-state index contributed by atoms with van der Waals surface area (Å²) < 4.78 is 10.7. The quantitative estimate of drug-likeness (QED) is 0.858. The highest BCUT2D eigenvalue weighted by molar-refractivity contribution is 5.89. The molecule has 2 N–H and O–H groups in total. The Hall–Kier alpha value is -2.24. The van der Waals surface area contributed by atoms with Crippen molar-refractivity contribution in [3.63, 3.8) is 0 Å². The molecule has 0 saturated carbocycles. The minimum atomic E-state index is -0.676. The lowest BCUT2D eigenvalue weighted by Crippen LogP contribution is -2.49. The molecule has 6 heteroatoms. The van der Waals surface area contributed by atoms with Gasteiger partial charge in [-0.1, -0.05) is 0 Å². The molecule has 1 aromatic rings. The van der Waals surface area contributed by atoms with Gasteiger partial charge < -0.3 is 20.1 Å². The van der Waals surface area contributed by atoms with Crippen LogP contribution in [0.15, 0.2) is 24.3 Å². The Bertz CT molecular complexity index is 515. The van der Waals surface area contributed by atoms with Crippen LogP contribution in [0, 0.1) is 0 Å². The van der Waals surface area contributed by atoms with Gasteiger partial charge in [0.2, 0.25) is 5.91 Å². The number of carbonyl (C=O) groups excluding carboxylic acids is 2. The average Bonchev–Trinajstić information content (AvgIpc) is 2.73. The molecule has 1 saturated heterocycles. The zero-order valence-corrected chi connectivity index (χ0v) is 12.9. The lowest BCUT2D eigenvalue weighted by atomic mass is 10.1. The second kappa shape index (κ2) is 7.68. The van der Waals surface area contributed by atoms with Crippen LogP contribution in [0.2, 0.25) is 0 Å². The Balaban J connectivity index is 1.89. The number of nitrogens with one attached hydrogen (secondary N) is 2. The molecule has 0 unspecified atom stereocenters. The van der Waals surface area contributed by atoms with Gasteiger partial charge in [0.15, 0.2) is 6.10 Å². The van der Waals surface area contributed by atoms with Crippen LogP contribution in [0.3, 0.4) is 0 Å². The highest BCUT2D eigenvalue weighted by atomic mass is 16.5. The summed E-state index contributed by atoms with van der Waals surface area (Å²) in [6, 6.07) is 6.52. The SMILES string of the molecule is COc1ccc(O[C@H](C)C(=O)N[C@H]2CCCCNC2=O)cc1. The van der Waals surface area contributed by atoms with Crippen molar-refractivity contribution in [3.05, 3.63) is 24.3 Å². The van der Waals surface area contributed by atoms with Crippen molar-refractivity contribution in [2.45, 2.75) is 38.3 Å². The third-order valence-corrected chi connectivity index (χ3v) is 3.59. The topological polar surface area (TPSA) is 76.7 Å². The summed E-state index contributed by atoms with van der Waals surface area (Å²) in [5.41, 5.74) is 0. The van der Waals surface area contributed by atoms with Gasteiger partial charge in [0.05, 0.1) is 7.11 Å². The molecule has 0 aromatic heterocycles. The normalized spacial score (nSPS) is 19.5. The van der Waals surface area contributed by atoms with Crippen molar-refractivity contribution >= 4 is 11.8 Å². The van der Waals surface area contributed by atoms with Crippen LogP contribution in [0.4, 0.5) is 0 Å². The molecule has 1 aliphatic heterocycles. The van der Waals surface area contributed by atoms with E-state index < -0.39 is 12.1 Å². The van der Waals surface area contributed by atoms with Gasteiger partial charge in [0.1, 0.15) is 17.5 Å². The van der Waals surface area contributed by atoms with Crippen molar-refractivity contribution in [1.29, 1.82) is 0 Å². The van der Waals surface area contributed by atoms with Crippen molar-refractivity contribution < 1.29 is 19.1 Å². The fraction of sp³-hybridized carbons (Fsp3) is 0.500. The van der Waals surface area contributed by atoms with E-state index in [0.717, 1.165) is 18.6 Å². The molecule has 2 atom stereocenters. The van der Waals surface area contributed by atoms with E-state index in [9.17, 15) is 9.59 Å². The number of amides is 2. The molecule has 0 radical (unpaired) electrons. The van der Waals surface area contributed by atoms with E-state index in [1.54, 1.807) is 38.3 Å². The number of ether oxygens (including phenoxy) is 2. The third kappa shape index (κ3) is 4.38. The minimum absolute atomic E-state index is 0.123. The van der Waals surface area contributed by atoms with Gasteiger partial charge in [-0.3, -0.25) is 9.59 Å². The molecule has 2 amide bonds. The van der Waals surface area contributed by atoms with E-state index >= 15 is 0 Å². The number of carbonyl (C=O) groups is 2. The van der Waals surface area contributed by atoms with E-state index in [4.69, 9.17) is 9.47 Å². The van der Waals surface area contributed by atoms with Crippen LogP contribution >= 0.6 is 0 Å². The Morgan fingerprint density at radius 1 is 1.27 bits per heavy atom. The zero-order chi connectivity index (χ0) is 15.9. The van der Waals surface area contributed by atoms with Crippen LogP contribution in [0.25, 0.3) is 0 Å². The predicted molar refractivity (Wildman–Crippen MR) is 81.9 cm³/mol. The first-order valence-corrected chi connectivity index (χ1v) is 7.49. The first-order chi connectivity index (χ1) is 10.6. The second-order valence-electron chi connectivity index (χ2n) is 5.28. The molecule has 0 spiro atoms. The molecular weight excluding hydrogens is 284 g/mol. The van der Waals surface area contributed by atoms with E-state index in [1.165, 1.54) is 0 Å². The molecular formula is C16H22N2O4. The Morgan fingerprint density at radius 3 is 2.64 bits per heavy atom. The summed E-state index contributed by atoms with van der Waals surface area (Å²) in [5.74, 6) is 0.883. The number of hydrogen-bond donors (Lipinski definition) is 2. The summed E-state index contributed by atoms with van der Waals surface area (Å²) >= 11 is 0. The summed E-state index contributed by atoms with van der Waals surface area (Å²) in [5, 5.41) is 5.54. The molecule has 2 rings (SSSR count). The Labute approximate surface area is 130 Å². The maximum absolute atomic E-state index is 12.2. The van der Waals surface area contributed by atoms with Crippen LogP contribution < -0.4 is 20.1 Å². The monoisotopic (exact) mass is 306 g/mol. The summed E-state index contributed by atoms with van der Waals surface area (Å²) in [6.45, 7) is 2.33. The third-order valence-electron chi connectivity index (χ3n) is 3.59. The maximum atomic E-state index is 12.2. The van der Waals surface area contributed by atoms with Crippen LogP contribution in [0.5, 0.6) is 11.5 Å². The second-order valence-corrected chi connectivity index (χ2v) is 5.28. The summed E-state index contributed by atoms with van der Waals surface area (Å²) in [7, 11) is 1.59. The molecule has 22 heavy (non-hydrogen) atoms. The first-order valence-electron chi connectivity index (χ1n) is 7.49. The zero-order valence-electron chi connectivity index (χ0n) is 12.9.